The van der Waals surface area contributed by atoms with Gasteiger partial charge in [-0.15, -0.1) is 11.3 Å². The van der Waals surface area contributed by atoms with Gasteiger partial charge < -0.3 is 15.7 Å². The van der Waals surface area contributed by atoms with E-state index < -0.39 is 12.0 Å². The quantitative estimate of drug-likeness (QED) is 0.736. The molecule has 0 saturated carbocycles. The third kappa shape index (κ3) is 3.08. The Morgan fingerprint density at radius 3 is 2.89 bits per heavy atom. The lowest BCUT2D eigenvalue weighted by Crippen LogP contribution is -2.42. The molecule has 2 rings (SSSR count). The number of nitrogens with one attached hydrogen (secondary N) is 2. The monoisotopic (exact) mass is 283 g/mol. The van der Waals surface area contributed by atoms with E-state index in [1.165, 1.54) is 16.7 Å². The molecule has 7 nitrogen and oxygen atoms in total. The standard InChI is InChI=1S/C11H13N3O4S/c1-5(10-14-7(4-19-10)11(17)18)12-9(16)6-2-3-8(15)13-6/h4-6H,2-3H2,1H3,(H,12,16)(H,13,15)(H,17,18). The highest BCUT2D eigenvalue weighted by Gasteiger charge is 2.28. The highest BCUT2D eigenvalue weighted by atomic mass is 32.1. The maximum absolute atomic E-state index is 11.8. The Hall–Kier alpha value is -1.96. The summed E-state index contributed by atoms with van der Waals surface area (Å²) in [6.45, 7) is 1.72. The molecule has 1 fully saturated rings. The van der Waals surface area contributed by atoms with Gasteiger partial charge in [0, 0.05) is 11.8 Å². The Labute approximate surface area is 113 Å². The van der Waals surface area contributed by atoms with Crippen LogP contribution in [0.15, 0.2) is 5.38 Å². The van der Waals surface area contributed by atoms with Crippen LogP contribution in [-0.2, 0) is 9.59 Å². The summed E-state index contributed by atoms with van der Waals surface area (Å²) in [4.78, 5) is 37.5. The third-order valence-corrected chi connectivity index (χ3v) is 3.81. The summed E-state index contributed by atoms with van der Waals surface area (Å²) in [5.41, 5.74) is -0.0322. The molecule has 1 aliphatic heterocycles. The number of carboxylic acid groups (broad SMARTS) is 1. The molecule has 2 unspecified atom stereocenters. The minimum absolute atomic E-state index is 0.0322. The van der Waals surface area contributed by atoms with Crippen molar-refractivity contribution in [1.29, 1.82) is 0 Å². The van der Waals surface area contributed by atoms with E-state index >= 15 is 0 Å². The van der Waals surface area contributed by atoms with E-state index in [0.29, 0.717) is 17.8 Å². The second-order valence-corrected chi connectivity index (χ2v) is 5.15. The van der Waals surface area contributed by atoms with Crippen LogP contribution in [0.2, 0.25) is 0 Å². The van der Waals surface area contributed by atoms with Crippen LogP contribution in [0.5, 0.6) is 0 Å². The van der Waals surface area contributed by atoms with Gasteiger partial charge >= 0.3 is 5.97 Å². The molecule has 0 radical (unpaired) electrons. The van der Waals surface area contributed by atoms with E-state index in [0.717, 1.165) is 0 Å². The van der Waals surface area contributed by atoms with E-state index in [4.69, 9.17) is 5.11 Å². The number of nitrogens with zero attached hydrogens (tertiary/aromatic N) is 1. The summed E-state index contributed by atoms with van der Waals surface area (Å²) in [6.07, 6.45) is 0.836. The minimum atomic E-state index is -1.09. The third-order valence-electron chi connectivity index (χ3n) is 2.78. The molecule has 2 atom stereocenters. The van der Waals surface area contributed by atoms with Crippen molar-refractivity contribution in [3.05, 3.63) is 16.1 Å². The van der Waals surface area contributed by atoms with Gasteiger partial charge in [-0.05, 0) is 13.3 Å². The maximum Gasteiger partial charge on any atom is 0.355 e. The van der Waals surface area contributed by atoms with Crippen LogP contribution in [0, 0.1) is 0 Å². The number of thiazole rings is 1. The smallest absolute Gasteiger partial charge is 0.355 e. The summed E-state index contributed by atoms with van der Waals surface area (Å²) in [5, 5.41) is 16.0. The fraction of sp³-hybridized carbons (Fsp3) is 0.455. The van der Waals surface area contributed by atoms with Crippen LogP contribution < -0.4 is 10.6 Å². The van der Waals surface area contributed by atoms with Crippen molar-refractivity contribution < 1.29 is 19.5 Å². The number of carbonyl (C=O) groups is 3. The van der Waals surface area contributed by atoms with Crippen molar-refractivity contribution >= 4 is 29.1 Å². The van der Waals surface area contributed by atoms with Gasteiger partial charge in [0.05, 0.1) is 6.04 Å². The second-order valence-electron chi connectivity index (χ2n) is 4.27. The van der Waals surface area contributed by atoms with E-state index in [-0.39, 0.29) is 23.6 Å². The summed E-state index contributed by atoms with van der Waals surface area (Å²) >= 11 is 1.18. The van der Waals surface area contributed by atoms with Crippen molar-refractivity contribution in [2.45, 2.75) is 31.8 Å². The van der Waals surface area contributed by atoms with Gasteiger partial charge in [0.15, 0.2) is 5.69 Å². The molecule has 0 aliphatic carbocycles. The van der Waals surface area contributed by atoms with Crippen LogP contribution in [0.4, 0.5) is 0 Å². The number of aromatic carboxylic acids is 1. The number of hydrogen-bond donors (Lipinski definition) is 3. The van der Waals surface area contributed by atoms with Crippen LogP contribution in [0.25, 0.3) is 0 Å². The van der Waals surface area contributed by atoms with E-state index in [1.54, 1.807) is 6.92 Å². The average Bonchev–Trinajstić information content (AvgIpc) is 2.96. The first-order valence-electron chi connectivity index (χ1n) is 5.76. The van der Waals surface area contributed by atoms with Gasteiger partial charge in [-0.25, -0.2) is 9.78 Å². The number of carboxylic acids is 1. The van der Waals surface area contributed by atoms with Crippen molar-refractivity contribution in [3.63, 3.8) is 0 Å². The van der Waals surface area contributed by atoms with Crippen LogP contribution in [-0.4, -0.2) is 33.9 Å². The van der Waals surface area contributed by atoms with Gasteiger partial charge in [-0.2, -0.15) is 0 Å². The zero-order valence-corrected chi connectivity index (χ0v) is 11.0. The molecule has 0 aromatic carbocycles. The Kier molecular flexibility index (Phi) is 3.79. The largest absolute Gasteiger partial charge is 0.476 e. The normalized spacial score (nSPS) is 19.8. The number of rotatable bonds is 4. The van der Waals surface area contributed by atoms with Crippen LogP contribution in [0.1, 0.15) is 41.3 Å². The Morgan fingerprint density at radius 1 is 1.63 bits per heavy atom. The molecule has 1 aliphatic rings. The highest BCUT2D eigenvalue weighted by molar-refractivity contribution is 7.09. The summed E-state index contributed by atoms with van der Waals surface area (Å²) in [5.74, 6) is -1.50. The predicted molar refractivity (Wildman–Crippen MR) is 66.8 cm³/mol. The van der Waals surface area contributed by atoms with E-state index in [1.807, 2.05) is 0 Å². The molecule has 8 heteroatoms. The van der Waals surface area contributed by atoms with Crippen LogP contribution >= 0.6 is 11.3 Å². The number of aromatic nitrogens is 1. The first-order valence-corrected chi connectivity index (χ1v) is 6.64. The summed E-state index contributed by atoms with van der Waals surface area (Å²) in [7, 11) is 0. The van der Waals surface area contributed by atoms with Crippen LogP contribution in [0.3, 0.4) is 0 Å². The molecule has 2 heterocycles. The molecule has 1 saturated heterocycles. The molecule has 1 aromatic heterocycles. The lowest BCUT2D eigenvalue weighted by Gasteiger charge is -2.15. The van der Waals surface area contributed by atoms with Gasteiger partial charge in [-0.3, -0.25) is 9.59 Å². The van der Waals surface area contributed by atoms with E-state index in [9.17, 15) is 14.4 Å². The SMILES string of the molecule is CC(NC(=O)C1CCC(=O)N1)c1nc(C(=O)O)cs1. The Bertz CT molecular complexity index is 528. The second kappa shape index (κ2) is 5.35. The average molecular weight is 283 g/mol. The Balaban J connectivity index is 1.96. The maximum atomic E-state index is 11.8. The van der Waals surface area contributed by atoms with Crippen molar-refractivity contribution in [2.24, 2.45) is 0 Å². The zero-order chi connectivity index (χ0) is 14.0. The molecule has 1 aromatic rings. The van der Waals surface area contributed by atoms with Gasteiger partial charge in [0.2, 0.25) is 11.8 Å². The van der Waals surface area contributed by atoms with Crippen molar-refractivity contribution in [1.82, 2.24) is 15.6 Å². The minimum Gasteiger partial charge on any atom is -0.476 e. The number of amides is 2. The first-order chi connectivity index (χ1) is 8.97. The van der Waals surface area contributed by atoms with Gasteiger partial charge in [-0.1, -0.05) is 0 Å². The Morgan fingerprint density at radius 2 is 2.37 bits per heavy atom. The first kappa shape index (κ1) is 13.5. The fourth-order valence-electron chi connectivity index (χ4n) is 1.77. The zero-order valence-electron chi connectivity index (χ0n) is 10.2. The molecular formula is C11H13N3O4S. The molecular weight excluding hydrogens is 270 g/mol. The molecule has 0 spiro atoms. The van der Waals surface area contributed by atoms with Gasteiger partial charge in [0.1, 0.15) is 11.0 Å². The summed E-state index contributed by atoms with van der Waals surface area (Å²) < 4.78 is 0. The molecule has 3 N–H and O–H groups in total. The molecule has 2 amide bonds. The lowest BCUT2D eigenvalue weighted by molar-refractivity contribution is -0.126. The van der Waals surface area contributed by atoms with Crippen molar-refractivity contribution in [2.75, 3.05) is 0 Å². The van der Waals surface area contributed by atoms with Crippen molar-refractivity contribution in [3.8, 4) is 0 Å². The number of hydrogen-bond acceptors (Lipinski definition) is 5. The molecule has 102 valence electrons. The lowest BCUT2D eigenvalue weighted by atomic mass is 10.2. The summed E-state index contributed by atoms with van der Waals surface area (Å²) in [6, 6.07) is -0.892. The predicted octanol–water partition coefficient (Wildman–Crippen LogP) is 0.297. The fourth-order valence-corrected chi connectivity index (χ4v) is 2.57. The molecule has 19 heavy (non-hydrogen) atoms. The van der Waals surface area contributed by atoms with Gasteiger partial charge in [0.25, 0.3) is 0 Å². The topological polar surface area (TPSA) is 108 Å². The van der Waals surface area contributed by atoms with E-state index in [2.05, 4.69) is 15.6 Å². The molecule has 0 bridgehead atoms. The number of carbonyl (C=O) groups excluding carboxylic acids is 2. The highest BCUT2D eigenvalue weighted by Crippen LogP contribution is 2.18.